The first-order valence-electron chi connectivity index (χ1n) is 9.09. The average Bonchev–Trinajstić information content (AvgIpc) is 2.70. The first kappa shape index (κ1) is 25.2. The minimum Gasteiger partial charge on any atom is -0.465 e. The quantitative estimate of drug-likeness (QED) is 0.127. The minimum absolute atomic E-state index is 0.0106. The highest BCUT2D eigenvalue weighted by atomic mass is 32.1. The minimum atomic E-state index is -5.18. The molecule has 0 saturated carbocycles. The van der Waals surface area contributed by atoms with Crippen molar-refractivity contribution in [2.75, 3.05) is 7.11 Å². The van der Waals surface area contributed by atoms with E-state index in [-0.39, 0.29) is 29.2 Å². The number of halogens is 5. The van der Waals surface area contributed by atoms with Gasteiger partial charge in [-0.05, 0) is 35.6 Å². The lowest BCUT2D eigenvalue weighted by Crippen LogP contribution is -2.25. The molecule has 0 aliphatic rings. The van der Waals surface area contributed by atoms with Crippen LogP contribution in [0.4, 0.5) is 27.6 Å². The van der Waals surface area contributed by atoms with Crippen LogP contribution in [-0.4, -0.2) is 27.9 Å². The Balaban J connectivity index is 2.95. The molecule has 32 heavy (non-hydrogen) atoms. The fourth-order valence-electron chi connectivity index (χ4n) is 3.08. The van der Waals surface area contributed by atoms with Gasteiger partial charge in [0.25, 0.3) is 12.1 Å². The molecule has 6 nitrogen and oxygen atoms in total. The van der Waals surface area contributed by atoms with E-state index in [1.165, 1.54) is 0 Å². The third-order valence-electron chi connectivity index (χ3n) is 4.37. The molecular weight excluding hydrogens is 459 g/mol. The molecule has 1 aromatic heterocycles. The molecule has 0 bridgehead atoms. The number of carbonyl (C=O) groups is 1. The zero-order chi connectivity index (χ0) is 24.4. The zero-order valence-electron chi connectivity index (χ0n) is 17.0. The van der Waals surface area contributed by atoms with Crippen molar-refractivity contribution in [2.45, 2.75) is 32.9 Å². The number of ether oxygens (including phenoxy) is 1. The standard InChI is InChI=1S/C20H17F5N2O4S/c1-9(2)8-12-13(19(28)31-3)15(18(21)22)26-17(20(23,24)25)14(12)16(32)10-4-6-11(7-5-10)27(29)30/h4-7,9,18H,8H2,1-3H3. The summed E-state index contributed by atoms with van der Waals surface area (Å²) in [5.41, 5.74) is -5.20. The summed E-state index contributed by atoms with van der Waals surface area (Å²) in [7, 11) is 0.905. The molecule has 2 aromatic rings. The number of esters is 1. The SMILES string of the molecule is COC(=O)c1c(C(F)F)nc(C(F)(F)F)c(C(=S)c2ccc([N+](=O)[O-])cc2)c1CC(C)C. The first-order chi connectivity index (χ1) is 14.8. The van der Waals surface area contributed by atoms with E-state index in [2.05, 4.69) is 9.72 Å². The molecule has 0 aliphatic heterocycles. The maximum atomic E-state index is 13.9. The Morgan fingerprint density at radius 1 is 1.19 bits per heavy atom. The summed E-state index contributed by atoms with van der Waals surface area (Å²) in [6.45, 7) is 3.24. The number of nitro benzene ring substituents is 1. The van der Waals surface area contributed by atoms with E-state index in [0.29, 0.717) is 0 Å². The van der Waals surface area contributed by atoms with Gasteiger partial charge in [0.15, 0.2) is 5.69 Å². The van der Waals surface area contributed by atoms with Gasteiger partial charge in [0.1, 0.15) is 5.69 Å². The topological polar surface area (TPSA) is 82.3 Å². The van der Waals surface area contributed by atoms with E-state index in [4.69, 9.17) is 12.2 Å². The molecule has 0 saturated heterocycles. The second kappa shape index (κ2) is 9.63. The van der Waals surface area contributed by atoms with Crippen LogP contribution in [0.5, 0.6) is 0 Å². The Bertz CT molecular complexity index is 1050. The third-order valence-corrected chi connectivity index (χ3v) is 4.81. The smallest absolute Gasteiger partial charge is 0.434 e. The number of methoxy groups -OCH3 is 1. The number of alkyl halides is 5. The van der Waals surface area contributed by atoms with Gasteiger partial charge < -0.3 is 4.74 Å². The lowest BCUT2D eigenvalue weighted by Gasteiger charge is -2.23. The zero-order valence-corrected chi connectivity index (χ0v) is 17.8. The highest BCUT2D eigenvalue weighted by Crippen LogP contribution is 2.39. The van der Waals surface area contributed by atoms with Gasteiger partial charge in [-0.15, -0.1) is 0 Å². The highest BCUT2D eigenvalue weighted by molar-refractivity contribution is 7.81. The normalized spacial score (nSPS) is 11.7. The maximum absolute atomic E-state index is 13.9. The van der Waals surface area contributed by atoms with Gasteiger partial charge in [0, 0.05) is 17.7 Å². The molecule has 0 radical (unpaired) electrons. The summed E-state index contributed by atoms with van der Waals surface area (Å²) < 4.78 is 73.5. The van der Waals surface area contributed by atoms with Crippen molar-refractivity contribution in [3.05, 3.63) is 68.0 Å². The largest absolute Gasteiger partial charge is 0.465 e. The summed E-state index contributed by atoms with van der Waals surface area (Å²) in [5.74, 6) is -1.63. The summed E-state index contributed by atoms with van der Waals surface area (Å²) in [6, 6.07) is 4.36. The van der Waals surface area contributed by atoms with E-state index in [1.54, 1.807) is 13.8 Å². The molecular formula is C20H17F5N2O4S. The fourth-order valence-corrected chi connectivity index (χ4v) is 3.44. The average molecular weight is 476 g/mol. The number of hydrogen-bond donors (Lipinski definition) is 0. The highest BCUT2D eigenvalue weighted by Gasteiger charge is 2.41. The van der Waals surface area contributed by atoms with Gasteiger partial charge in [-0.3, -0.25) is 10.1 Å². The van der Waals surface area contributed by atoms with Gasteiger partial charge in [-0.25, -0.2) is 18.6 Å². The van der Waals surface area contributed by atoms with Gasteiger partial charge in [0.05, 0.1) is 22.5 Å². The van der Waals surface area contributed by atoms with E-state index < -0.39 is 50.9 Å². The number of nitrogens with zero attached hydrogens (tertiary/aromatic N) is 2. The molecule has 2 rings (SSSR count). The molecule has 1 aromatic carbocycles. The van der Waals surface area contributed by atoms with Crippen LogP contribution in [0.1, 0.15) is 58.7 Å². The molecule has 172 valence electrons. The number of nitro groups is 1. The van der Waals surface area contributed by atoms with Gasteiger partial charge in [-0.2, -0.15) is 13.2 Å². The molecule has 0 unspecified atom stereocenters. The van der Waals surface area contributed by atoms with Crippen molar-refractivity contribution in [2.24, 2.45) is 5.92 Å². The lowest BCUT2D eigenvalue weighted by molar-refractivity contribution is -0.384. The molecule has 0 spiro atoms. The van der Waals surface area contributed by atoms with E-state index in [1.807, 2.05) is 0 Å². The maximum Gasteiger partial charge on any atom is 0.434 e. The Labute approximate surface area is 184 Å². The number of benzene rings is 1. The first-order valence-corrected chi connectivity index (χ1v) is 9.49. The summed E-state index contributed by atoms with van der Waals surface area (Å²) in [4.78, 5) is 25.2. The Morgan fingerprint density at radius 3 is 2.16 bits per heavy atom. The van der Waals surface area contributed by atoms with Crippen molar-refractivity contribution >= 4 is 28.7 Å². The molecule has 0 N–H and O–H groups in total. The van der Waals surface area contributed by atoms with E-state index in [0.717, 1.165) is 31.4 Å². The van der Waals surface area contributed by atoms with Crippen molar-refractivity contribution in [3.63, 3.8) is 0 Å². The van der Waals surface area contributed by atoms with Crippen molar-refractivity contribution in [1.29, 1.82) is 0 Å². The second-order valence-electron chi connectivity index (χ2n) is 7.10. The number of aromatic nitrogens is 1. The van der Waals surface area contributed by atoms with Crippen LogP contribution in [0, 0.1) is 16.0 Å². The number of thiocarbonyl (C=S) groups is 1. The Kier molecular flexibility index (Phi) is 7.60. The van der Waals surface area contributed by atoms with Gasteiger partial charge in [0.2, 0.25) is 0 Å². The number of hydrogen-bond acceptors (Lipinski definition) is 6. The molecule has 0 aliphatic carbocycles. The van der Waals surface area contributed by atoms with Crippen LogP contribution in [0.3, 0.4) is 0 Å². The van der Waals surface area contributed by atoms with E-state index >= 15 is 0 Å². The lowest BCUT2D eigenvalue weighted by atomic mass is 9.88. The number of carbonyl (C=O) groups excluding carboxylic acids is 1. The van der Waals surface area contributed by atoms with E-state index in [9.17, 15) is 36.9 Å². The van der Waals surface area contributed by atoms with Crippen LogP contribution in [0.15, 0.2) is 24.3 Å². The summed E-state index contributed by atoms with van der Waals surface area (Å²) in [6.07, 6.45) is -8.87. The Hall–Kier alpha value is -3.02. The summed E-state index contributed by atoms with van der Waals surface area (Å²) >= 11 is 5.23. The third kappa shape index (κ3) is 5.23. The monoisotopic (exact) mass is 476 g/mol. The predicted octanol–water partition coefficient (Wildman–Crippen LogP) is 5.70. The number of pyridine rings is 1. The van der Waals surface area contributed by atoms with Crippen molar-refractivity contribution in [1.82, 2.24) is 4.98 Å². The van der Waals surface area contributed by atoms with Crippen LogP contribution in [0.2, 0.25) is 0 Å². The van der Waals surface area contributed by atoms with Crippen LogP contribution >= 0.6 is 12.2 Å². The molecule has 1 heterocycles. The van der Waals surface area contributed by atoms with Crippen LogP contribution in [0.25, 0.3) is 0 Å². The van der Waals surface area contributed by atoms with Crippen molar-refractivity contribution < 1.29 is 36.4 Å². The van der Waals surface area contributed by atoms with Crippen molar-refractivity contribution in [3.8, 4) is 0 Å². The summed E-state index contributed by atoms with van der Waals surface area (Å²) in [5, 5.41) is 10.9. The second-order valence-corrected chi connectivity index (χ2v) is 7.50. The number of rotatable bonds is 7. The Morgan fingerprint density at radius 2 is 1.75 bits per heavy atom. The molecule has 0 atom stereocenters. The van der Waals surface area contributed by atoms with Crippen LogP contribution in [-0.2, 0) is 17.3 Å². The predicted molar refractivity (Wildman–Crippen MR) is 108 cm³/mol. The molecule has 0 amide bonds. The van der Waals surface area contributed by atoms with Gasteiger partial charge >= 0.3 is 12.1 Å². The fraction of sp³-hybridized carbons (Fsp3) is 0.350. The number of non-ortho nitro benzene ring substituents is 1. The van der Waals surface area contributed by atoms with Gasteiger partial charge in [-0.1, -0.05) is 26.1 Å². The molecule has 12 heteroatoms. The molecule has 0 fully saturated rings. The van der Waals surface area contributed by atoms with Crippen LogP contribution < -0.4 is 0 Å².